The molecule has 0 aliphatic heterocycles. The molecular formula is C20H18N4O2S. The molecule has 2 aromatic carbocycles. The van der Waals surface area contributed by atoms with Crippen LogP contribution in [0, 0.1) is 0 Å². The zero-order chi connectivity index (χ0) is 18.8. The molecule has 0 atom stereocenters. The molecule has 4 aromatic rings. The maximum Gasteiger partial charge on any atom is 0.266 e. The van der Waals surface area contributed by atoms with Crippen LogP contribution in [-0.2, 0) is 5.75 Å². The number of aromatic nitrogens is 4. The van der Waals surface area contributed by atoms with E-state index in [1.165, 1.54) is 11.8 Å². The Morgan fingerprint density at radius 2 is 1.78 bits per heavy atom. The highest BCUT2D eigenvalue weighted by Gasteiger charge is 2.15. The zero-order valence-electron chi connectivity index (χ0n) is 15.0. The average molecular weight is 378 g/mol. The van der Waals surface area contributed by atoms with Gasteiger partial charge in [0.25, 0.3) is 5.56 Å². The van der Waals surface area contributed by atoms with E-state index < -0.39 is 0 Å². The standard InChI is InChI=1S/C20H18N4O2S/c1-13(2)18-22-17(26-23-18)12-27-20-21-16-11-7-6-10-15(16)19(25)24(20)14-8-4-3-5-9-14/h3-11,13H,12H2,1-2H3. The number of para-hydroxylation sites is 2. The quantitative estimate of drug-likeness (QED) is 0.383. The minimum Gasteiger partial charge on any atom is -0.338 e. The Kier molecular flexibility index (Phi) is 4.77. The molecule has 0 amide bonds. The SMILES string of the molecule is CC(C)c1noc(CSc2nc3ccccc3c(=O)n2-c2ccccc2)n1. The summed E-state index contributed by atoms with van der Waals surface area (Å²) in [5.41, 5.74) is 1.35. The molecule has 0 radical (unpaired) electrons. The highest BCUT2D eigenvalue weighted by molar-refractivity contribution is 7.98. The maximum atomic E-state index is 13.1. The number of hydrogen-bond donors (Lipinski definition) is 0. The van der Waals surface area contributed by atoms with Gasteiger partial charge >= 0.3 is 0 Å². The van der Waals surface area contributed by atoms with E-state index in [-0.39, 0.29) is 11.5 Å². The lowest BCUT2D eigenvalue weighted by atomic mass is 10.2. The topological polar surface area (TPSA) is 73.8 Å². The smallest absolute Gasteiger partial charge is 0.266 e. The highest BCUT2D eigenvalue weighted by atomic mass is 32.2. The van der Waals surface area contributed by atoms with Crippen LogP contribution < -0.4 is 5.56 Å². The van der Waals surface area contributed by atoms with Crippen molar-refractivity contribution in [1.29, 1.82) is 0 Å². The first-order chi connectivity index (χ1) is 13.1. The summed E-state index contributed by atoms with van der Waals surface area (Å²) in [4.78, 5) is 22.2. The number of nitrogens with zero attached hydrogens (tertiary/aromatic N) is 4. The summed E-state index contributed by atoms with van der Waals surface area (Å²) < 4.78 is 6.95. The first-order valence-electron chi connectivity index (χ1n) is 8.66. The Bertz CT molecular complexity index is 1140. The van der Waals surface area contributed by atoms with Crippen LogP contribution >= 0.6 is 11.8 Å². The van der Waals surface area contributed by atoms with E-state index >= 15 is 0 Å². The van der Waals surface area contributed by atoms with E-state index in [9.17, 15) is 4.79 Å². The van der Waals surface area contributed by atoms with Gasteiger partial charge < -0.3 is 4.52 Å². The van der Waals surface area contributed by atoms with E-state index in [1.807, 2.05) is 62.4 Å². The van der Waals surface area contributed by atoms with Crippen molar-refractivity contribution in [3.63, 3.8) is 0 Å². The van der Waals surface area contributed by atoms with Gasteiger partial charge in [0.1, 0.15) is 0 Å². The van der Waals surface area contributed by atoms with Gasteiger partial charge in [-0.25, -0.2) is 4.98 Å². The summed E-state index contributed by atoms with van der Waals surface area (Å²) in [6, 6.07) is 16.9. The van der Waals surface area contributed by atoms with Crippen molar-refractivity contribution in [1.82, 2.24) is 19.7 Å². The van der Waals surface area contributed by atoms with E-state index in [0.29, 0.717) is 33.5 Å². The van der Waals surface area contributed by atoms with Crippen LogP contribution in [0.4, 0.5) is 0 Å². The maximum absolute atomic E-state index is 13.1. The highest BCUT2D eigenvalue weighted by Crippen LogP contribution is 2.24. The molecule has 0 unspecified atom stereocenters. The van der Waals surface area contributed by atoms with Gasteiger partial charge in [0, 0.05) is 5.92 Å². The Labute approximate surface area is 160 Å². The average Bonchev–Trinajstić information content (AvgIpc) is 3.17. The normalized spacial score (nSPS) is 11.4. The molecule has 2 aromatic heterocycles. The summed E-state index contributed by atoms with van der Waals surface area (Å²) in [7, 11) is 0. The van der Waals surface area contributed by atoms with E-state index in [1.54, 1.807) is 10.6 Å². The van der Waals surface area contributed by atoms with E-state index in [2.05, 4.69) is 10.1 Å². The third kappa shape index (κ3) is 3.50. The van der Waals surface area contributed by atoms with Crippen molar-refractivity contribution in [3.8, 4) is 5.69 Å². The van der Waals surface area contributed by atoms with Crippen molar-refractivity contribution >= 4 is 22.7 Å². The summed E-state index contributed by atoms with van der Waals surface area (Å²) in [6.07, 6.45) is 0. The minimum absolute atomic E-state index is 0.0947. The van der Waals surface area contributed by atoms with Crippen molar-refractivity contribution in [2.45, 2.75) is 30.7 Å². The molecule has 27 heavy (non-hydrogen) atoms. The van der Waals surface area contributed by atoms with Gasteiger partial charge in [-0.2, -0.15) is 4.98 Å². The third-order valence-electron chi connectivity index (χ3n) is 4.08. The van der Waals surface area contributed by atoms with Gasteiger partial charge in [-0.15, -0.1) is 0 Å². The van der Waals surface area contributed by atoms with Gasteiger partial charge in [0.15, 0.2) is 11.0 Å². The second-order valence-corrected chi connectivity index (χ2v) is 7.32. The van der Waals surface area contributed by atoms with Gasteiger partial charge in [-0.1, -0.05) is 61.1 Å². The molecule has 0 N–H and O–H groups in total. The number of benzene rings is 2. The minimum atomic E-state index is -0.0947. The monoisotopic (exact) mass is 378 g/mol. The van der Waals surface area contributed by atoms with Crippen LogP contribution in [0.2, 0.25) is 0 Å². The Morgan fingerprint density at radius 3 is 2.52 bits per heavy atom. The fourth-order valence-electron chi connectivity index (χ4n) is 2.70. The fourth-order valence-corrected chi connectivity index (χ4v) is 3.55. The van der Waals surface area contributed by atoms with Crippen molar-refractivity contribution in [2.75, 3.05) is 0 Å². The van der Waals surface area contributed by atoms with Gasteiger partial charge in [0.2, 0.25) is 5.89 Å². The fraction of sp³-hybridized carbons (Fsp3) is 0.200. The number of hydrogen-bond acceptors (Lipinski definition) is 6. The van der Waals surface area contributed by atoms with Gasteiger partial charge in [-0.05, 0) is 24.3 Å². The Balaban J connectivity index is 1.77. The Morgan fingerprint density at radius 1 is 1.04 bits per heavy atom. The number of rotatable bonds is 5. The largest absolute Gasteiger partial charge is 0.338 e. The lowest BCUT2D eigenvalue weighted by Crippen LogP contribution is -2.21. The number of fused-ring (bicyclic) bond motifs is 1. The van der Waals surface area contributed by atoms with E-state index in [4.69, 9.17) is 9.51 Å². The molecule has 0 saturated heterocycles. The molecule has 6 nitrogen and oxygen atoms in total. The molecule has 136 valence electrons. The first-order valence-corrected chi connectivity index (χ1v) is 9.64. The molecule has 4 rings (SSSR count). The van der Waals surface area contributed by atoms with Crippen molar-refractivity contribution in [2.24, 2.45) is 0 Å². The zero-order valence-corrected chi connectivity index (χ0v) is 15.8. The molecule has 0 spiro atoms. The van der Waals surface area contributed by atoms with Crippen molar-refractivity contribution < 1.29 is 4.52 Å². The second-order valence-electron chi connectivity index (χ2n) is 6.38. The third-order valence-corrected chi connectivity index (χ3v) is 5.01. The van der Waals surface area contributed by atoms with Crippen LogP contribution in [-0.4, -0.2) is 19.7 Å². The summed E-state index contributed by atoms with van der Waals surface area (Å²) in [5, 5.41) is 5.17. The Hall–Kier alpha value is -2.93. The molecule has 0 fully saturated rings. The molecule has 2 heterocycles. The van der Waals surface area contributed by atoms with Crippen molar-refractivity contribution in [3.05, 3.63) is 76.7 Å². The van der Waals surface area contributed by atoms with Gasteiger partial charge in [0.05, 0.1) is 22.3 Å². The number of thioether (sulfide) groups is 1. The summed E-state index contributed by atoms with van der Waals surface area (Å²) in [6.45, 7) is 4.03. The predicted molar refractivity (Wildman–Crippen MR) is 105 cm³/mol. The summed E-state index contributed by atoms with van der Waals surface area (Å²) in [5.74, 6) is 1.84. The first kappa shape index (κ1) is 17.5. The van der Waals surface area contributed by atoms with Crippen LogP contribution in [0.3, 0.4) is 0 Å². The lowest BCUT2D eigenvalue weighted by Gasteiger charge is -2.12. The van der Waals surface area contributed by atoms with E-state index in [0.717, 1.165) is 5.69 Å². The van der Waals surface area contributed by atoms with Gasteiger partial charge in [-0.3, -0.25) is 9.36 Å². The second kappa shape index (κ2) is 7.36. The molecule has 0 saturated carbocycles. The van der Waals surface area contributed by atoms with Crippen LogP contribution in [0.5, 0.6) is 0 Å². The molecular weight excluding hydrogens is 360 g/mol. The van der Waals surface area contributed by atoms with Crippen LogP contribution in [0.1, 0.15) is 31.5 Å². The van der Waals surface area contributed by atoms with Crippen LogP contribution in [0.25, 0.3) is 16.6 Å². The molecule has 0 aliphatic carbocycles. The predicted octanol–water partition coefficient (Wildman–Crippen LogP) is 4.18. The lowest BCUT2D eigenvalue weighted by molar-refractivity contribution is 0.382. The summed E-state index contributed by atoms with van der Waals surface area (Å²) >= 11 is 1.40. The van der Waals surface area contributed by atoms with Crippen LogP contribution in [0.15, 0.2) is 69.1 Å². The molecule has 7 heteroatoms. The molecule has 0 aliphatic rings. The molecule has 0 bridgehead atoms.